The number of aliphatic carboxylic acids is 1. The number of nitrogens with one attached hydrogen (secondary N) is 1. The molecular formula is C14H23NO3. The van der Waals surface area contributed by atoms with Gasteiger partial charge in [-0.1, -0.05) is 13.8 Å². The van der Waals surface area contributed by atoms with Crippen LogP contribution in [0.15, 0.2) is 0 Å². The molecule has 2 N–H and O–H groups in total. The average Bonchev–Trinajstić information content (AvgIpc) is 3.09. The topological polar surface area (TPSA) is 66.4 Å². The molecule has 2 aliphatic rings. The highest BCUT2D eigenvalue weighted by Gasteiger charge is 2.48. The third-order valence-electron chi connectivity index (χ3n) is 4.51. The number of carbonyl (C=O) groups is 2. The molecule has 2 atom stereocenters. The van der Waals surface area contributed by atoms with Gasteiger partial charge in [-0.2, -0.15) is 0 Å². The third-order valence-corrected chi connectivity index (χ3v) is 4.51. The van der Waals surface area contributed by atoms with Gasteiger partial charge >= 0.3 is 5.97 Å². The molecule has 4 nitrogen and oxygen atoms in total. The SMILES string of the molecule is CC(C)C1CCC(NC(=O)C2CC2C(=O)O)CC1. The van der Waals surface area contributed by atoms with Gasteiger partial charge in [-0.3, -0.25) is 9.59 Å². The molecule has 0 aromatic carbocycles. The second-order valence-corrected chi connectivity index (χ2v) is 6.15. The quantitative estimate of drug-likeness (QED) is 0.805. The van der Waals surface area contributed by atoms with Crippen LogP contribution in [0.3, 0.4) is 0 Å². The summed E-state index contributed by atoms with van der Waals surface area (Å²) in [6.07, 6.45) is 4.95. The van der Waals surface area contributed by atoms with Crippen LogP contribution in [0, 0.1) is 23.7 Å². The van der Waals surface area contributed by atoms with Crippen molar-refractivity contribution in [1.82, 2.24) is 5.32 Å². The fourth-order valence-electron chi connectivity index (χ4n) is 3.00. The summed E-state index contributed by atoms with van der Waals surface area (Å²) in [6, 6.07) is 0.266. The van der Waals surface area contributed by atoms with Gasteiger partial charge in [-0.05, 0) is 43.9 Å². The van der Waals surface area contributed by atoms with Crippen molar-refractivity contribution in [2.75, 3.05) is 0 Å². The Labute approximate surface area is 108 Å². The summed E-state index contributed by atoms with van der Waals surface area (Å²) in [7, 11) is 0. The molecule has 102 valence electrons. The molecule has 2 rings (SSSR count). The van der Waals surface area contributed by atoms with E-state index in [4.69, 9.17) is 5.11 Å². The van der Waals surface area contributed by atoms with E-state index >= 15 is 0 Å². The molecule has 2 fully saturated rings. The maximum Gasteiger partial charge on any atom is 0.307 e. The van der Waals surface area contributed by atoms with Crippen LogP contribution in [-0.2, 0) is 9.59 Å². The minimum absolute atomic E-state index is 0.0459. The van der Waals surface area contributed by atoms with Crippen LogP contribution in [0.5, 0.6) is 0 Å². The summed E-state index contributed by atoms with van der Waals surface area (Å²) >= 11 is 0. The van der Waals surface area contributed by atoms with Crippen molar-refractivity contribution in [3.63, 3.8) is 0 Å². The monoisotopic (exact) mass is 253 g/mol. The molecule has 0 bridgehead atoms. The number of carboxylic acids is 1. The van der Waals surface area contributed by atoms with Gasteiger partial charge in [-0.15, -0.1) is 0 Å². The molecule has 18 heavy (non-hydrogen) atoms. The Balaban J connectivity index is 1.72. The summed E-state index contributed by atoms with van der Waals surface area (Å²) in [6.45, 7) is 4.51. The van der Waals surface area contributed by atoms with E-state index in [1.54, 1.807) is 0 Å². The predicted molar refractivity (Wildman–Crippen MR) is 68.0 cm³/mol. The minimum atomic E-state index is -0.835. The first-order chi connectivity index (χ1) is 8.49. The molecular weight excluding hydrogens is 230 g/mol. The molecule has 0 aromatic rings. The number of rotatable bonds is 4. The second-order valence-electron chi connectivity index (χ2n) is 6.15. The highest BCUT2D eigenvalue weighted by atomic mass is 16.4. The second kappa shape index (κ2) is 5.29. The maximum atomic E-state index is 11.8. The largest absolute Gasteiger partial charge is 0.481 e. The van der Waals surface area contributed by atoms with E-state index in [1.807, 2.05) is 0 Å². The first-order valence-corrected chi connectivity index (χ1v) is 7.02. The fourth-order valence-corrected chi connectivity index (χ4v) is 3.00. The Morgan fingerprint density at radius 1 is 1.11 bits per heavy atom. The number of hydrogen-bond donors (Lipinski definition) is 2. The normalized spacial score (nSPS) is 35.3. The van der Waals surface area contributed by atoms with Crippen LogP contribution in [0.1, 0.15) is 46.0 Å². The number of carboxylic acid groups (broad SMARTS) is 1. The lowest BCUT2D eigenvalue weighted by molar-refractivity contribution is -0.140. The van der Waals surface area contributed by atoms with Crippen LogP contribution in [0.25, 0.3) is 0 Å². The van der Waals surface area contributed by atoms with Crippen molar-refractivity contribution in [3.8, 4) is 0 Å². The van der Waals surface area contributed by atoms with E-state index in [1.165, 1.54) is 12.8 Å². The van der Waals surface area contributed by atoms with Crippen LogP contribution < -0.4 is 5.32 Å². The Morgan fingerprint density at radius 2 is 1.72 bits per heavy atom. The van der Waals surface area contributed by atoms with Crippen LogP contribution >= 0.6 is 0 Å². The molecule has 0 aromatic heterocycles. The Morgan fingerprint density at radius 3 is 2.17 bits per heavy atom. The van der Waals surface area contributed by atoms with Crippen molar-refractivity contribution in [1.29, 1.82) is 0 Å². The highest BCUT2D eigenvalue weighted by molar-refractivity contribution is 5.89. The van der Waals surface area contributed by atoms with Gasteiger partial charge in [0, 0.05) is 6.04 Å². The molecule has 1 amide bonds. The van der Waals surface area contributed by atoms with E-state index in [0.717, 1.165) is 24.7 Å². The van der Waals surface area contributed by atoms with Crippen molar-refractivity contribution in [2.45, 2.75) is 52.0 Å². The van der Waals surface area contributed by atoms with E-state index in [-0.39, 0.29) is 17.9 Å². The first kappa shape index (κ1) is 13.4. The van der Waals surface area contributed by atoms with E-state index < -0.39 is 11.9 Å². The van der Waals surface area contributed by atoms with Crippen molar-refractivity contribution in [3.05, 3.63) is 0 Å². The van der Waals surface area contributed by atoms with E-state index in [0.29, 0.717) is 6.42 Å². The zero-order valence-electron chi connectivity index (χ0n) is 11.2. The number of carbonyl (C=O) groups excluding carboxylic acids is 1. The smallest absolute Gasteiger partial charge is 0.307 e. The first-order valence-electron chi connectivity index (χ1n) is 7.02. The lowest BCUT2D eigenvalue weighted by atomic mass is 9.79. The molecule has 2 unspecified atom stereocenters. The van der Waals surface area contributed by atoms with Gasteiger partial charge in [0.25, 0.3) is 0 Å². The summed E-state index contributed by atoms with van der Waals surface area (Å²) in [4.78, 5) is 22.5. The number of hydrogen-bond acceptors (Lipinski definition) is 2. The Kier molecular flexibility index (Phi) is 3.93. The molecule has 0 saturated heterocycles. The van der Waals surface area contributed by atoms with Crippen molar-refractivity contribution >= 4 is 11.9 Å². The summed E-state index contributed by atoms with van der Waals surface area (Å²) in [5, 5.41) is 11.8. The molecule has 0 spiro atoms. The van der Waals surface area contributed by atoms with Crippen LogP contribution in [-0.4, -0.2) is 23.0 Å². The minimum Gasteiger partial charge on any atom is -0.481 e. The van der Waals surface area contributed by atoms with Gasteiger partial charge in [0.15, 0.2) is 0 Å². The summed E-state index contributed by atoms with van der Waals surface area (Å²) in [5.41, 5.74) is 0. The summed E-state index contributed by atoms with van der Waals surface area (Å²) in [5.74, 6) is -0.0799. The molecule has 0 radical (unpaired) electrons. The van der Waals surface area contributed by atoms with Crippen molar-refractivity contribution in [2.24, 2.45) is 23.7 Å². The summed E-state index contributed by atoms with van der Waals surface area (Å²) < 4.78 is 0. The Bertz CT molecular complexity index is 332. The lowest BCUT2D eigenvalue weighted by Gasteiger charge is -2.31. The molecule has 0 heterocycles. The molecule has 2 aliphatic carbocycles. The number of amides is 1. The van der Waals surface area contributed by atoms with Gasteiger partial charge in [0.2, 0.25) is 5.91 Å². The highest BCUT2D eigenvalue weighted by Crippen LogP contribution is 2.39. The lowest BCUT2D eigenvalue weighted by Crippen LogP contribution is -2.39. The van der Waals surface area contributed by atoms with Gasteiger partial charge in [-0.25, -0.2) is 0 Å². The predicted octanol–water partition coefficient (Wildman–Crippen LogP) is 2.04. The molecule has 0 aliphatic heterocycles. The van der Waals surface area contributed by atoms with E-state index in [9.17, 15) is 9.59 Å². The third kappa shape index (κ3) is 3.03. The zero-order chi connectivity index (χ0) is 13.3. The van der Waals surface area contributed by atoms with Gasteiger partial charge in [0.1, 0.15) is 0 Å². The van der Waals surface area contributed by atoms with Crippen LogP contribution in [0.4, 0.5) is 0 Å². The standard InChI is InChI=1S/C14H23NO3/c1-8(2)9-3-5-10(6-4-9)15-13(16)11-7-12(11)14(17)18/h8-12H,3-7H2,1-2H3,(H,15,16)(H,17,18). The fraction of sp³-hybridized carbons (Fsp3) is 0.857. The zero-order valence-corrected chi connectivity index (χ0v) is 11.2. The Hall–Kier alpha value is -1.06. The average molecular weight is 253 g/mol. The molecule has 4 heteroatoms. The van der Waals surface area contributed by atoms with Gasteiger partial charge in [0.05, 0.1) is 11.8 Å². The van der Waals surface area contributed by atoms with E-state index in [2.05, 4.69) is 19.2 Å². The van der Waals surface area contributed by atoms with Gasteiger partial charge < -0.3 is 10.4 Å². The van der Waals surface area contributed by atoms with Crippen molar-refractivity contribution < 1.29 is 14.7 Å². The van der Waals surface area contributed by atoms with Crippen LogP contribution in [0.2, 0.25) is 0 Å². The maximum absolute atomic E-state index is 11.8. The molecule has 2 saturated carbocycles.